The number of rotatable bonds is 3. The highest BCUT2D eigenvalue weighted by Gasteiger charge is 2.24. The lowest BCUT2D eigenvalue weighted by Crippen LogP contribution is -2.49. The van der Waals surface area contributed by atoms with Crippen LogP contribution < -0.4 is 11.1 Å². The zero-order valence-electron chi connectivity index (χ0n) is 11.4. The number of hydrogen-bond acceptors (Lipinski definition) is 3. The van der Waals surface area contributed by atoms with Crippen molar-refractivity contribution in [3.05, 3.63) is 28.2 Å². The van der Waals surface area contributed by atoms with E-state index < -0.39 is 0 Å². The third-order valence-electron chi connectivity index (χ3n) is 3.69. The lowest BCUT2D eigenvalue weighted by Gasteiger charge is -2.34. The smallest absolute Gasteiger partial charge is 0.238 e. The molecule has 1 aliphatic rings. The van der Waals surface area contributed by atoms with Gasteiger partial charge in [0.15, 0.2) is 0 Å². The zero-order chi connectivity index (χ0) is 14.7. The summed E-state index contributed by atoms with van der Waals surface area (Å²) in [4.78, 5) is 14.1. The summed E-state index contributed by atoms with van der Waals surface area (Å²) in [7, 11) is 0. The summed E-state index contributed by atoms with van der Waals surface area (Å²) in [6.45, 7) is 4.08. The number of nitrogens with one attached hydrogen (secondary N) is 1. The number of likely N-dealkylation sites (tertiary alicyclic amines) is 1. The molecule has 0 spiro atoms. The number of hydrogen-bond donors (Lipinski definition) is 2. The van der Waals surface area contributed by atoms with Crippen molar-refractivity contribution in [2.45, 2.75) is 19.4 Å². The minimum absolute atomic E-state index is 0.123. The summed E-state index contributed by atoms with van der Waals surface area (Å²) < 4.78 is 0. The molecule has 0 bridgehead atoms. The predicted molar refractivity (Wildman–Crippen MR) is 83.3 cm³/mol. The number of nitrogens with zero attached hydrogens (tertiary/aromatic N) is 1. The van der Waals surface area contributed by atoms with Crippen molar-refractivity contribution in [3.8, 4) is 0 Å². The van der Waals surface area contributed by atoms with E-state index in [0.29, 0.717) is 28.2 Å². The van der Waals surface area contributed by atoms with Crippen LogP contribution in [0.5, 0.6) is 0 Å². The standard InChI is InChI=1S/C14H19Cl2N3O/c1-9-5-6-19(7-12(9)17)8-13(20)18-14-10(15)3-2-4-11(14)16/h2-4,9,12H,5-8,17H2,1H3,(H,18,20). The van der Waals surface area contributed by atoms with E-state index in [4.69, 9.17) is 28.9 Å². The molecule has 0 aliphatic carbocycles. The van der Waals surface area contributed by atoms with Gasteiger partial charge in [0.1, 0.15) is 0 Å². The van der Waals surface area contributed by atoms with Crippen molar-refractivity contribution >= 4 is 34.8 Å². The van der Waals surface area contributed by atoms with Crippen LogP contribution in [0.2, 0.25) is 10.0 Å². The van der Waals surface area contributed by atoms with E-state index in [1.54, 1.807) is 18.2 Å². The number of carbonyl (C=O) groups excluding carboxylic acids is 1. The van der Waals surface area contributed by atoms with E-state index in [1.165, 1.54) is 0 Å². The Kier molecular flexibility index (Phi) is 5.27. The van der Waals surface area contributed by atoms with Gasteiger partial charge in [0.05, 0.1) is 22.3 Å². The Labute approximate surface area is 129 Å². The molecule has 0 aromatic heterocycles. The molecule has 4 nitrogen and oxygen atoms in total. The van der Waals surface area contributed by atoms with Crippen LogP contribution in [0.25, 0.3) is 0 Å². The number of anilines is 1. The SMILES string of the molecule is CC1CCN(CC(=O)Nc2c(Cl)cccc2Cl)CC1N. The second-order valence-corrected chi connectivity index (χ2v) is 6.12. The molecular formula is C14H19Cl2N3O. The van der Waals surface area contributed by atoms with Gasteiger partial charge in [-0.2, -0.15) is 0 Å². The van der Waals surface area contributed by atoms with E-state index in [1.807, 2.05) is 0 Å². The summed E-state index contributed by atoms with van der Waals surface area (Å²) in [5, 5.41) is 3.65. The van der Waals surface area contributed by atoms with Crippen molar-refractivity contribution < 1.29 is 4.79 Å². The second kappa shape index (κ2) is 6.76. The fraction of sp³-hybridized carbons (Fsp3) is 0.500. The van der Waals surface area contributed by atoms with Gasteiger partial charge >= 0.3 is 0 Å². The Morgan fingerprint density at radius 1 is 1.45 bits per heavy atom. The summed E-state index contributed by atoms with van der Waals surface area (Å²) >= 11 is 12.1. The van der Waals surface area contributed by atoms with Crippen molar-refractivity contribution in [2.75, 3.05) is 25.0 Å². The van der Waals surface area contributed by atoms with Gasteiger partial charge in [0.25, 0.3) is 0 Å². The number of amides is 1. The van der Waals surface area contributed by atoms with Crippen molar-refractivity contribution in [1.29, 1.82) is 0 Å². The lowest BCUT2D eigenvalue weighted by atomic mass is 9.94. The maximum absolute atomic E-state index is 12.1. The van der Waals surface area contributed by atoms with Crippen LogP contribution in [0.3, 0.4) is 0 Å². The Morgan fingerprint density at radius 3 is 2.70 bits per heavy atom. The van der Waals surface area contributed by atoms with E-state index >= 15 is 0 Å². The molecule has 2 atom stereocenters. The molecule has 3 N–H and O–H groups in total. The fourth-order valence-electron chi connectivity index (χ4n) is 2.31. The quantitative estimate of drug-likeness (QED) is 0.901. The molecule has 1 saturated heterocycles. The van der Waals surface area contributed by atoms with E-state index in [0.717, 1.165) is 19.5 Å². The Balaban J connectivity index is 1.93. The van der Waals surface area contributed by atoms with Gasteiger partial charge in [-0.3, -0.25) is 9.69 Å². The lowest BCUT2D eigenvalue weighted by molar-refractivity contribution is -0.117. The highest BCUT2D eigenvalue weighted by molar-refractivity contribution is 6.39. The van der Waals surface area contributed by atoms with Gasteiger partial charge in [0, 0.05) is 12.6 Å². The highest BCUT2D eigenvalue weighted by atomic mass is 35.5. The molecular weight excluding hydrogens is 297 g/mol. The molecule has 1 fully saturated rings. The van der Waals surface area contributed by atoms with Crippen LogP contribution in [0.1, 0.15) is 13.3 Å². The Morgan fingerprint density at radius 2 is 2.10 bits per heavy atom. The molecule has 1 aliphatic heterocycles. The average Bonchev–Trinajstić information content (AvgIpc) is 2.38. The molecule has 110 valence electrons. The number of carbonyl (C=O) groups is 1. The zero-order valence-corrected chi connectivity index (χ0v) is 12.9. The Hall–Kier alpha value is -0.810. The molecule has 0 radical (unpaired) electrons. The van der Waals surface area contributed by atoms with Crippen LogP contribution in [0.15, 0.2) is 18.2 Å². The predicted octanol–water partition coefficient (Wildman–Crippen LogP) is 2.60. The van der Waals surface area contributed by atoms with Crippen molar-refractivity contribution in [2.24, 2.45) is 11.7 Å². The summed E-state index contributed by atoms with van der Waals surface area (Å²) in [6.07, 6.45) is 1.02. The number of piperidine rings is 1. The monoisotopic (exact) mass is 315 g/mol. The molecule has 20 heavy (non-hydrogen) atoms. The Bertz CT molecular complexity index is 475. The molecule has 2 rings (SSSR count). The van der Waals surface area contributed by atoms with Crippen LogP contribution in [0, 0.1) is 5.92 Å². The minimum Gasteiger partial charge on any atom is -0.326 e. The van der Waals surface area contributed by atoms with Crippen LogP contribution in [-0.4, -0.2) is 36.5 Å². The molecule has 6 heteroatoms. The van der Waals surface area contributed by atoms with Crippen LogP contribution in [0.4, 0.5) is 5.69 Å². The number of nitrogens with two attached hydrogens (primary N) is 1. The topological polar surface area (TPSA) is 58.4 Å². The second-order valence-electron chi connectivity index (χ2n) is 5.31. The normalized spacial score (nSPS) is 23.6. The van der Waals surface area contributed by atoms with Gasteiger partial charge in [-0.1, -0.05) is 36.2 Å². The van der Waals surface area contributed by atoms with E-state index in [9.17, 15) is 4.79 Å². The average molecular weight is 316 g/mol. The third-order valence-corrected chi connectivity index (χ3v) is 4.32. The summed E-state index contributed by atoms with van der Waals surface area (Å²) in [5.74, 6) is 0.383. The van der Waals surface area contributed by atoms with E-state index in [2.05, 4.69) is 17.1 Å². The third kappa shape index (κ3) is 3.85. The molecule has 1 amide bonds. The van der Waals surface area contributed by atoms with Crippen LogP contribution in [-0.2, 0) is 4.79 Å². The minimum atomic E-state index is -0.123. The van der Waals surface area contributed by atoms with Gasteiger partial charge < -0.3 is 11.1 Å². The largest absolute Gasteiger partial charge is 0.326 e. The van der Waals surface area contributed by atoms with Gasteiger partial charge in [-0.05, 0) is 31.0 Å². The molecule has 0 saturated carbocycles. The fourth-order valence-corrected chi connectivity index (χ4v) is 2.80. The van der Waals surface area contributed by atoms with Gasteiger partial charge in [-0.25, -0.2) is 0 Å². The number of halogens is 2. The maximum Gasteiger partial charge on any atom is 0.238 e. The molecule has 1 aromatic carbocycles. The van der Waals surface area contributed by atoms with Gasteiger partial charge in [0.2, 0.25) is 5.91 Å². The molecule has 1 aromatic rings. The summed E-state index contributed by atoms with van der Waals surface area (Å²) in [6, 6.07) is 5.26. The van der Waals surface area contributed by atoms with Gasteiger partial charge in [-0.15, -0.1) is 0 Å². The first-order valence-electron chi connectivity index (χ1n) is 6.69. The first-order valence-corrected chi connectivity index (χ1v) is 7.44. The summed E-state index contributed by atoms with van der Waals surface area (Å²) in [5.41, 5.74) is 6.50. The molecule has 2 unspecified atom stereocenters. The van der Waals surface area contributed by atoms with Crippen molar-refractivity contribution in [1.82, 2.24) is 4.90 Å². The maximum atomic E-state index is 12.1. The van der Waals surface area contributed by atoms with Crippen LogP contribution >= 0.6 is 23.2 Å². The first-order chi connectivity index (χ1) is 9.47. The highest BCUT2D eigenvalue weighted by Crippen LogP contribution is 2.29. The first kappa shape index (κ1) is 15.6. The van der Waals surface area contributed by atoms with E-state index in [-0.39, 0.29) is 11.9 Å². The number of para-hydroxylation sites is 1. The number of benzene rings is 1. The van der Waals surface area contributed by atoms with Crippen molar-refractivity contribution in [3.63, 3.8) is 0 Å². The molecule has 1 heterocycles.